The van der Waals surface area contributed by atoms with Gasteiger partial charge in [-0.3, -0.25) is 0 Å². The van der Waals surface area contributed by atoms with E-state index in [2.05, 4.69) is 6.92 Å². The molecule has 18 heavy (non-hydrogen) atoms. The van der Waals surface area contributed by atoms with E-state index >= 15 is 0 Å². The number of hydrogen-bond donors (Lipinski definition) is 0. The summed E-state index contributed by atoms with van der Waals surface area (Å²) < 4.78 is 16.9. The van der Waals surface area contributed by atoms with Gasteiger partial charge in [-0.1, -0.05) is 6.07 Å². The van der Waals surface area contributed by atoms with Crippen LogP contribution < -0.4 is 9.47 Å². The number of fused-ring (bicyclic) bond motifs is 1. The van der Waals surface area contributed by atoms with Gasteiger partial charge >= 0.3 is 0 Å². The summed E-state index contributed by atoms with van der Waals surface area (Å²) in [7, 11) is 0. The van der Waals surface area contributed by atoms with Crippen LogP contribution in [0.25, 0.3) is 0 Å². The van der Waals surface area contributed by atoms with Gasteiger partial charge in [-0.25, -0.2) is 0 Å². The van der Waals surface area contributed by atoms with Crippen molar-refractivity contribution in [3.05, 3.63) is 23.8 Å². The minimum atomic E-state index is -0.120. The zero-order valence-corrected chi connectivity index (χ0v) is 11.2. The lowest BCUT2D eigenvalue weighted by molar-refractivity contribution is 0.0532. The highest BCUT2D eigenvalue weighted by Crippen LogP contribution is 2.39. The van der Waals surface area contributed by atoms with Crippen LogP contribution in [0.3, 0.4) is 0 Å². The molecule has 3 rings (SSSR count). The Balaban J connectivity index is 1.79. The Kier molecular flexibility index (Phi) is 3.35. The van der Waals surface area contributed by atoms with Gasteiger partial charge in [0.05, 0.1) is 17.6 Å². The Hall–Kier alpha value is -0.930. The first-order valence-electron chi connectivity index (χ1n) is 6.43. The van der Waals surface area contributed by atoms with Crippen LogP contribution in [0.15, 0.2) is 18.2 Å². The third-order valence-corrected chi connectivity index (χ3v) is 4.01. The summed E-state index contributed by atoms with van der Waals surface area (Å²) in [5, 5.41) is -0.120. The van der Waals surface area contributed by atoms with E-state index in [1.165, 1.54) is 0 Å². The maximum absolute atomic E-state index is 6.50. The second-order valence-electron chi connectivity index (χ2n) is 4.87. The molecule has 0 radical (unpaired) electrons. The molecule has 1 aromatic rings. The number of halogens is 1. The summed E-state index contributed by atoms with van der Waals surface area (Å²) in [6.45, 7) is 3.30. The van der Waals surface area contributed by atoms with Crippen molar-refractivity contribution >= 4 is 11.6 Å². The van der Waals surface area contributed by atoms with E-state index in [1.54, 1.807) is 0 Å². The molecule has 0 amide bonds. The molecule has 1 aromatic carbocycles. The fraction of sp³-hybridized carbons (Fsp3) is 0.571. The van der Waals surface area contributed by atoms with Crippen molar-refractivity contribution in [1.82, 2.24) is 0 Å². The van der Waals surface area contributed by atoms with E-state index in [1.807, 2.05) is 18.2 Å². The topological polar surface area (TPSA) is 27.7 Å². The van der Waals surface area contributed by atoms with Gasteiger partial charge in [-0.05, 0) is 37.5 Å². The van der Waals surface area contributed by atoms with Crippen molar-refractivity contribution in [2.24, 2.45) is 0 Å². The summed E-state index contributed by atoms with van der Waals surface area (Å²) in [6.07, 6.45) is 2.51. The molecule has 98 valence electrons. The molecule has 3 nitrogen and oxygen atoms in total. The molecule has 0 bridgehead atoms. The van der Waals surface area contributed by atoms with Gasteiger partial charge in [0, 0.05) is 0 Å². The van der Waals surface area contributed by atoms with Crippen LogP contribution in [0.4, 0.5) is 0 Å². The lowest BCUT2D eigenvalue weighted by Gasteiger charge is -2.22. The standard InChI is InChI=1S/C14H17ClO3/c1-9-2-4-12(18-9)14(15)10-3-5-11-13(8-10)17-7-6-16-11/h3,5,8-9,12,14H,2,4,6-7H2,1H3. The summed E-state index contributed by atoms with van der Waals surface area (Å²) in [6, 6.07) is 5.90. The molecule has 0 aromatic heterocycles. The highest BCUT2D eigenvalue weighted by molar-refractivity contribution is 6.21. The van der Waals surface area contributed by atoms with Crippen LogP contribution >= 0.6 is 11.6 Å². The van der Waals surface area contributed by atoms with Crippen LogP contribution in [-0.4, -0.2) is 25.4 Å². The number of hydrogen-bond acceptors (Lipinski definition) is 3. The molecule has 1 saturated heterocycles. The summed E-state index contributed by atoms with van der Waals surface area (Å²) >= 11 is 6.50. The van der Waals surface area contributed by atoms with Gasteiger partial charge in [-0.2, -0.15) is 0 Å². The molecular weight excluding hydrogens is 252 g/mol. The Labute approximate surface area is 112 Å². The first-order chi connectivity index (χ1) is 8.74. The van der Waals surface area contributed by atoms with Crippen molar-refractivity contribution in [3.8, 4) is 11.5 Å². The summed E-state index contributed by atoms with van der Waals surface area (Å²) in [4.78, 5) is 0. The van der Waals surface area contributed by atoms with Gasteiger partial charge in [0.2, 0.25) is 0 Å². The molecule has 3 atom stereocenters. The average Bonchev–Trinajstić information content (AvgIpc) is 2.84. The maximum atomic E-state index is 6.50. The molecule has 2 aliphatic rings. The summed E-state index contributed by atoms with van der Waals surface area (Å²) in [5.74, 6) is 1.59. The largest absolute Gasteiger partial charge is 0.486 e. The van der Waals surface area contributed by atoms with E-state index in [0.717, 1.165) is 29.9 Å². The van der Waals surface area contributed by atoms with Crippen LogP contribution in [0, 0.1) is 0 Å². The van der Waals surface area contributed by atoms with Crippen molar-refractivity contribution in [3.63, 3.8) is 0 Å². The molecule has 0 N–H and O–H groups in total. The van der Waals surface area contributed by atoms with E-state index in [4.69, 9.17) is 25.8 Å². The quantitative estimate of drug-likeness (QED) is 0.770. The zero-order chi connectivity index (χ0) is 12.5. The predicted octanol–water partition coefficient (Wildman–Crippen LogP) is 3.31. The SMILES string of the molecule is CC1CCC(C(Cl)c2ccc3c(c2)OCCO3)O1. The minimum absolute atomic E-state index is 0.101. The van der Waals surface area contributed by atoms with Gasteiger partial charge in [-0.15, -0.1) is 11.6 Å². The van der Waals surface area contributed by atoms with Crippen molar-refractivity contribution in [2.75, 3.05) is 13.2 Å². The third kappa shape index (κ3) is 2.29. The molecule has 0 aliphatic carbocycles. The van der Waals surface area contributed by atoms with Gasteiger partial charge in [0.1, 0.15) is 13.2 Å². The smallest absolute Gasteiger partial charge is 0.161 e. The van der Waals surface area contributed by atoms with E-state index < -0.39 is 0 Å². The van der Waals surface area contributed by atoms with Crippen LogP contribution in [-0.2, 0) is 4.74 Å². The highest BCUT2D eigenvalue weighted by atomic mass is 35.5. The van der Waals surface area contributed by atoms with Crippen molar-refractivity contribution < 1.29 is 14.2 Å². The molecule has 2 aliphatic heterocycles. The lowest BCUT2D eigenvalue weighted by Crippen LogP contribution is -2.17. The number of benzene rings is 1. The lowest BCUT2D eigenvalue weighted by atomic mass is 10.0. The second kappa shape index (κ2) is 4.98. The van der Waals surface area contributed by atoms with Crippen molar-refractivity contribution in [1.29, 1.82) is 0 Å². The predicted molar refractivity (Wildman–Crippen MR) is 69.6 cm³/mol. The first kappa shape index (κ1) is 12.1. The Bertz CT molecular complexity index is 435. The summed E-state index contributed by atoms with van der Waals surface area (Å²) in [5.41, 5.74) is 1.04. The molecule has 0 spiro atoms. The Morgan fingerprint density at radius 2 is 1.94 bits per heavy atom. The van der Waals surface area contributed by atoms with Crippen LogP contribution in [0.1, 0.15) is 30.7 Å². The third-order valence-electron chi connectivity index (χ3n) is 3.48. The number of ether oxygens (including phenoxy) is 3. The Morgan fingerprint density at radius 3 is 2.67 bits per heavy atom. The van der Waals surface area contributed by atoms with E-state index in [9.17, 15) is 0 Å². The fourth-order valence-corrected chi connectivity index (χ4v) is 2.82. The molecular formula is C14H17ClO3. The van der Waals surface area contributed by atoms with Gasteiger partial charge < -0.3 is 14.2 Å². The van der Waals surface area contributed by atoms with Gasteiger partial charge in [0.15, 0.2) is 11.5 Å². The van der Waals surface area contributed by atoms with Crippen molar-refractivity contribution in [2.45, 2.75) is 37.4 Å². The average molecular weight is 269 g/mol. The monoisotopic (exact) mass is 268 g/mol. The molecule has 4 heteroatoms. The normalized spacial score (nSPS) is 28.1. The zero-order valence-electron chi connectivity index (χ0n) is 10.4. The van der Waals surface area contributed by atoms with Crippen LogP contribution in [0.2, 0.25) is 0 Å². The first-order valence-corrected chi connectivity index (χ1v) is 6.87. The second-order valence-corrected chi connectivity index (χ2v) is 5.34. The molecule has 3 unspecified atom stereocenters. The molecule has 0 saturated carbocycles. The van der Waals surface area contributed by atoms with Crippen LogP contribution in [0.5, 0.6) is 11.5 Å². The van der Waals surface area contributed by atoms with E-state index in [0.29, 0.717) is 19.3 Å². The maximum Gasteiger partial charge on any atom is 0.161 e. The fourth-order valence-electron chi connectivity index (χ4n) is 2.49. The highest BCUT2D eigenvalue weighted by Gasteiger charge is 2.30. The van der Waals surface area contributed by atoms with E-state index in [-0.39, 0.29) is 11.5 Å². The Morgan fingerprint density at radius 1 is 1.17 bits per heavy atom. The number of rotatable bonds is 2. The minimum Gasteiger partial charge on any atom is -0.486 e. The van der Waals surface area contributed by atoms with Gasteiger partial charge in [0.25, 0.3) is 0 Å². The molecule has 2 heterocycles. The molecule has 1 fully saturated rings. The number of alkyl halides is 1.